The van der Waals surface area contributed by atoms with E-state index in [-0.39, 0.29) is 5.75 Å². The van der Waals surface area contributed by atoms with Gasteiger partial charge in [-0.05, 0) is 19.1 Å². The highest BCUT2D eigenvalue weighted by Crippen LogP contribution is 2.28. The van der Waals surface area contributed by atoms with Gasteiger partial charge in [0.05, 0.1) is 0 Å². The Bertz CT molecular complexity index is 235. The molecule has 0 N–H and O–H groups in total. The monoisotopic (exact) mass is 263 g/mol. The van der Waals surface area contributed by atoms with Crippen LogP contribution in [0.15, 0.2) is 21.1 Å². The van der Waals surface area contributed by atoms with Crippen molar-refractivity contribution >= 4 is 31.9 Å². The van der Waals surface area contributed by atoms with Crippen LogP contribution in [0.2, 0.25) is 0 Å². The van der Waals surface area contributed by atoms with Gasteiger partial charge in [-0.1, -0.05) is 43.2 Å². The van der Waals surface area contributed by atoms with Crippen molar-refractivity contribution in [2.24, 2.45) is 0 Å². The second-order valence-corrected chi connectivity index (χ2v) is 3.80. The fourth-order valence-electron chi connectivity index (χ4n) is 0.689. The average Bonchev–Trinajstić information content (AvgIpc) is 1.82. The van der Waals surface area contributed by atoms with Crippen LogP contribution in [-0.2, 0) is 0 Å². The molecule has 0 saturated carbocycles. The molecule has 0 heterocycles. The maximum atomic E-state index is 11.1. The lowest BCUT2D eigenvalue weighted by Gasteiger charge is -2.12. The number of halogens is 2. The molecule has 0 atom stereocenters. The van der Waals surface area contributed by atoms with Crippen LogP contribution >= 0.6 is 31.9 Å². The Balaban J connectivity index is 3.31. The van der Waals surface area contributed by atoms with Crippen molar-refractivity contribution in [1.29, 1.82) is 0 Å². The van der Waals surface area contributed by atoms with Crippen LogP contribution in [0, 0.1) is 6.92 Å². The molecular formula is C7H5Br2O-. The lowest BCUT2D eigenvalue weighted by atomic mass is 10.2. The van der Waals surface area contributed by atoms with Gasteiger partial charge in [-0.2, -0.15) is 0 Å². The van der Waals surface area contributed by atoms with Crippen LogP contribution in [0.1, 0.15) is 5.56 Å². The van der Waals surface area contributed by atoms with Crippen molar-refractivity contribution < 1.29 is 5.11 Å². The van der Waals surface area contributed by atoms with Gasteiger partial charge in [0.25, 0.3) is 0 Å². The van der Waals surface area contributed by atoms with Gasteiger partial charge in [0, 0.05) is 8.95 Å². The zero-order chi connectivity index (χ0) is 7.72. The molecule has 3 heteroatoms. The lowest BCUT2D eigenvalue weighted by molar-refractivity contribution is -0.270. The summed E-state index contributed by atoms with van der Waals surface area (Å²) in [6.07, 6.45) is 0. The Hall–Kier alpha value is -0.0200. The van der Waals surface area contributed by atoms with Crippen LogP contribution in [0.5, 0.6) is 5.75 Å². The Labute approximate surface area is 76.3 Å². The van der Waals surface area contributed by atoms with E-state index in [1.807, 2.05) is 0 Å². The number of hydrogen-bond donors (Lipinski definition) is 0. The first-order chi connectivity index (χ1) is 4.61. The molecule has 0 unspecified atom stereocenters. The van der Waals surface area contributed by atoms with Crippen LogP contribution in [0.25, 0.3) is 0 Å². The summed E-state index contributed by atoms with van der Waals surface area (Å²) in [7, 11) is 0. The van der Waals surface area contributed by atoms with Crippen LogP contribution in [-0.4, -0.2) is 0 Å². The molecule has 0 amide bonds. The van der Waals surface area contributed by atoms with E-state index in [2.05, 4.69) is 31.9 Å². The molecular weight excluding hydrogens is 260 g/mol. The predicted molar refractivity (Wildman–Crippen MR) is 46.0 cm³/mol. The van der Waals surface area contributed by atoms with Gasteiger partial charge in [-0.3, -0.25) is 0 Å². The van der Waals surface area contributed by atoms with Gasteiger partial charge >= 0.3 is 0 Å². The maximum absolute atomic E-state index is 11.1. The SMILES string of the molecule is Cc1cc(Br)cc(Br)c1[O-]. The molecule has 0 bridgehead atoms. The number of rotatable bonds is 0. The first-order valence-electron chi connectivity index (χ1n) is 2.74. The van der Waals surface area contributed by atoms with Gasteiger partial charge < -0.3 is 5.11 Å². The minimum atomic E-state index is 0.0585. The molecule has 1 aromatic rings. The first-order valence-corrected chi connectivity index (χ1v) is 4.32. The standard InChI is InChI=1S/C7H6Br2O/c1-4-2-5(8)3-6(9)7(4)10/h2-3,10H,1H3/p-1. The van der Waals surface area contributed by atoms with Crippen LogP contribution in [0.3, 0.4) is 0 Å². The van der Waals surface area contributed by atoms with E-state index in [1.54, 1.807) is 19.1 Å². The third-order valence-corrected chi connectivity index (χ3v) is 2.24. The fraction of sp³-hybridized carbons (Fsp3) is 0.143. The molecule has 1 nitrogen and oxygen atoms in total. The first kappa shape index (κ1) is 8.08. The van der Waals surface area contributed by atoms with Crippen molar-refractivity contribution in [2.45, 2.75) is 6.92 Å². The summed E-state index contributed by atoms with van der Waals surface area (Å²) in [4.78, 5) is 0. The van der Waals surface area contributed by atoms with E-state index < -0.39 is 0 Å². The summed E-state index contributed by atoms with van der Waals surface area (Å²) < 4.78 is 1.54. The quantitative estimate of drug-likeness (QED) is 0.707. The molecule has 0 radical (unpaired) electrons. The molecule has 0 aliphatic carbocycles. The molecule has 0 aromatic heterocycles. The second kappa shape index (κ2) is 2.93. The summed E-state index contributed by atoms with van der Waals surface area (Å²) in [6, 6.07) is 3.54. The topological polar surface area (TPSA) is 23.1 Å². The summed E-state index contributed by atoms with van der Waals surface area (Å²) >= 11 is 6.43. The van der Waals surface area contributed by atoms with Gasteiger partial charge in [-0.15, -0.1) is 0 Å². The van der Waals surface area contributed by atoms with Gasteiger partial charge in [0.2, 0.25) is 0 Å². The van der Waals surface area contributed by atoms with E-state index in [0.29, 0.717) is 4.47 Å². The van der Waals surface area contributed by atoms with E-state index >= 15 is 0 Å². The summed E-state index contributed by atoms with van der Waals surface area (Å²) in [6.45, 7) is 1.79. The van der Waals surface area contributed by atoms with Gasteiger partial charge in [-0.25, -0.2) is 0 Å². The minimum absolute atomic E-state index is 0.0585. The Morgan fingerprint density at radius 2 is 1.90 bits per heavy atom. The molecule has 1 aromatic carbocycles. The zero-order valence-corrected chi connectivity index (χ0v) is 8.49. The fourth-order valence-corrected chi connectivity index (χ4v) is 2.13. The zero-order valence-electron chi connectivity index (χ0n) is 5.32. The average molecular weight is 265 g/mol. The summed E-state index contributed by atoms with van der Waals surface area (Å²) in [5.74, 6) is 0.0585. The van der Waals surface area contributed by atoms with E-state index in [1.165, 1.54) is 0 Å². The number of benzene rings is 1. The third kappa shape index (κ3) is 1.52. The van der Waals surface area contributed by atoms with Crippen molar-refractivity contribution in [3.63, 3.8) is 0 Å². The minimum Gasteiger partial charge on any atom is -0.872 e. The van der Waals surface area contributed by atoms with E-state index in [9.17, 15) is 5.11 Å². The molecule has 10 heavy (non-hydrogen) atoms. The van der Waals surface area contributed by atoms with Crippen LogP contribution in [0.4, 0.5) is 0 Å². The molecule has 0 spiro atoms. The smallest absolute Gasteiger partial charge is 0.0188 e. The van der Waals surface area contributed by atoms with E-state index in [0.717, 1.165) is 10.0 Å². The van der Waals surface area contributed by atoms with Crippen LogP contribution < -0.4 is 5.11 Å². The lowest BCUT2D eigenvalue weighted by Crippen LogP contribution is -1.93. The Kier molecular flexibility index (Phi) is 2.36. The molecule has 54 valence electrons. The number of aryl methyl sites for hydroxylation is 1. The largest absolute Gasteiger partial charge is 0.872 e. The van der Waals surface area contributed by atoms with Crippen molar-refractivity contribution in [2.75, 3.05) is 0 Å². The highest BCUT2D eigenvalue weighted by molar-refractivity contribution is 9.11. The Morgan fingerprint density at radius 3 is 2.40 bits per heavy atom. The van der Waals surface area contributed by atoms with Gasteiger partial charge in [0.1, 0.15) is 0 Å². The van der Waals surface area contributed by atoms with Gasteiger partial charge in [0.15, 0.2) is 0 Å². The summed E-state index contributed by atoms with van der Waals surface area (Å²) in [5.41, 5.74) is 0.751. The molecule has 0 fully saturated rings. The number of hydrogen-bond acceptors (Lipinski definition) is 1. The van der Waals surface area contributed by atoms with E-state index in [4.69, 9.17) is 0 Å². The highest BCUT2D eigenvalue weighted by atomic mass is 79.9. The third-order valence-electron chi connectivity index (χ3n) is 1.19. The molecule has 0 aliphatic rings. The summed E-state index contributed by atoms with van der Waals surface area (Å²) in [5, 5.41) is 11.1. The molecule has 0 saturated heterocycles. The normalized spacial score (nSPS) is 9.90. The maximum Gasteiger partial charge on any atom is 0.0188 e. The van der Waals surface area contributed by atoms with Crippen molar-refractivity contribution in [3.05, 3.63) is 26.6 Å². The van der Waals surface area contributed by atoms with Crippen molar-refractivity contribution in [1.82, 2.24) is 0 Å². The Morgan fingerprint density at radius 1 is 1.30 bits per heavy atom. The molecule has 0 aliphatic heterocycles. The predicted octanol–water partition coefficient (Wildman–Crippen LogP) is 2.59. The highest BCUT2D eigenvalue weighted by Gasteiger charge is 1.94. The van der Waals surface area contributed by atoms with Crippen molar-refractivity contribution in [3.8, 4) is 5.75 Å². The molecule has 1 rings (SSSR count). The second-order valence-electron chi connectivity index (χ2n) is 2.03.